The van der Waals surface area contributed by atoms with Crippen LogP contribution in [0.3, 0.4) is 0 Å². The maximum absolute atomic E-state index is 11.4. The van der Waals surface area contributed by atoms with Crippen molar-refractivity contribution in [1.29, 1.82) is 0 Å². The molecule has 0 bridgehead atoms. The van der Waals surface area contributed by atoms with Crippen molar-refractivity contribution in [2.75, 3.05) is 7.11 Å². The number of benzene rings is 1. The van der Waals surface area contributed by atoms with Crippen molar-refractivity contribution in [1.82, 2.24) is 0 Å². The lowest BCUT2D eigenvalue weighted by Crippen LogP contribution is -1.97. The van der Waals surface area contributed by atoms with Crippen LogP contribution < -0.4 is 0 Å². The van der Waals surface area contributed by atoms with Gasteiger partial charge in [0.15, 0.2) is 0 Å². The Bertz CT molecular complexity index is 550. The third kappa shape index (κ3) is 1.83. The van der Waals surface area contributed by atoms with Crippen molar-refractivity contribution in [3.63, 3.8) is 0 Å². The van der Waals surface area contributed by atoms with E-state index in [9.17, 15) is 4.79 Å². The van der Waals surface area contributed by atoms with Gasteiger partial charge in [-0.2, -0.15) is 0 Å². The molecule has 16 heavy (non-hydrogen) atoms. The maximum Gasteiger partial charge on any atom is 0.349 e. The zero-order valence-corrected chi connectivity index (χ0v) is 10.2. The van der Waals surface area contributed by atoms with Crippen molar-refractivity contribution >= 4 is 46.8 Å². The topological polar surface area (TPSA) is 26.3 Å². The van der Waals surface area contributed by atoms with E-state index in [0.29, 0.717) is 16.2 Å². The molecule has 0 fully saturated rings. The number of methoxy groups -OCH3 is 1. The molecule has 0 aliphatic heterocycles. The van der Waals surface area contributed by atoms with Gasteiger partial charge in [0.1, 0.15) is 4.88 Å². The maximum atomic E-state index is 11.4. The summed E-state index contributed by atoms with van der Waals surface area (Å²) in [5.41, 5.74) is 1.02. The lowest BCUT2D eigenvalue weighted by molar-refractivity contribution is 0.0606. The molecule has 1 aromatic heterocycles. The molecular formula is C11H8BClO2S. The monoisotopic (exact) mass is 250 g/mol. The molecule has 0 aliphatic carbocycles. The second-order valence-corrected chi connectivity index (χ2v) is 4.70. The minimum atomic E-state index is -0.402. The van der Waals surface area contributed by atoms with Crippen LogP contribution in [0.25, 0.3) is 10.1 Å². The normalized spacial score (nSPS) is 10.6. The number of carbonyl (C=O) groups excluding carboxylic acids is 1. The molecule has 0 amide bonds. The van der Waals surface area contributed by atoms with E-state index in [1.165, 1.54) is 18.4 Å². The molecule has 2 nitrogen and oxygen atoms in total. The van der Waals surface area contributed by atoms with Crippen molar-refractivity contribution in [2.24, 2.45) is 0 Å². The molecule has 0 saturated carbocycles. The van der Waals surface area contributed by atoms with Gasteiger partial charge in [0.25, 0.3) is 0 Å². The van der Waals surface area contributed by atoms with Gasteiger partial charge in [-0.3, -0.25) is 0 Å². The summed E-state index contributed by atoms with van der Waals surface area (Å²) in [4.78, 5) is 11.9. The Balaban J connectivity index is 2.63. The van der Waals surface area contributed by atoms with Crippen molar-refractivity contribution in [2.45, 2.75) is 6.32 Å². The van der Waals surface area contributed by atoms with E-state index in [-0.39, 0.29) is 0 Å². The van der Waals surface area contributed by atoms with Crippen LogP contribution in [0, 0.1) is 0 Å². The third-order valence-electron chi connectivity index (χ3n) is 2.30. The van der Waals surface area contributed by atoms with E-state index >= 15 is 0 Å². The first-order chi connectivity index (χ1) is 7.67. The molecule has 2 radical (unpaired) electrons. The third-order valence-corrected chi connectivity index (χ3v) is 3.94. The van der Waals surface area contributed by atoms with E-state index in [4.69, 9.17) is 19.4 Å². The summed E-state index contributed by atoms with van der Waals surface area (Å²) in [6.07, 6.45) is 0.471. The second kappa shape index (κ2) is 4.48. The molecule has 2 aromatic rings. The van der Waals surface area contributed by atoms with Gasteiger partial charge < -0.3 is 4.74 Å². The summed E-state index contributed by atoms with van der Waals surface area (Å²) >= 11 is 7.43. The number of ether oxygens (including phenoxy) is 1. The minimum absolute atomic E-state index is 0.402. The highest BCUT2D eigenvalue weighted by molar-refractivity contribution is 7.21. The number of hydrogen-bond donors (Lipinski definition) is 0. The fourth-order valence-corrected chi connectivity index (χ4v) is 2.95. The van der Waals surface area contributed by atoms with Gasteiger partial charge in [-0.15, -0.1) is 11.3 Å². The average Bonchev–Trinajstić information content (AvgIpc) is 2.65. The van der Waals surface area contributed by atoms with E-state index < -0.39 is 5.97 Å². The SMILES string of the molecule is [B]Cc1ccc2c(Cl)c(C(=O)OC)sc2c1. The molecule has 0 unspecified atom stereocenters. The second-order valence-electron chi connectivity index (χ2n) is 3.27. The summed E-state index contributed by atoms with van der Waals surface area (Å²) in [6, 6.07) is 5.73. The Hall–Kier alpha value is -0.995. The van der Waals surface area contributed by atoms with Gasteiger partial charge in [-0.25, -0.2) is 4.79 Å². The Morgan fingerprint density at radius 2 is 2.31 bits per heavy atom. The molecule has 0 N–H and O–H groups in total. The number of rotatable bonds is 2. The Kier molecular flexibility index (Phi) is 3.21. The lowest BCUT2D eigenvalue weighted by atomic mass is 9.97. The molecule has 1 heterocycles. The first-order valence-electron chi connectivity index (χ1n) is 4.66. The summed E-state index contributed by atoms with van der Waals surface area (Å²) in [5, 5.41) is 1.32. The van der Waals surface area contributed by atoms with Crippen LogP contribution in [-0.2, 0) is 11.1 Å². The highest BCUT2D eigenvalue weighted by atomic mass is 35.5. The number of fused-ring (bicyclic) bond motifs is 1. The zero-order chi connectivity index (χ0) is 11.7. The van der Waals surface area contributed by atoms with Gasteiger partial charge in [0.2, 0.25) is 0 Å². The predicted octanol–water partition coefficient (Wildman–Crippen LogP) is 3.01. The minimum Gasteiger partial charge on any atom is -0.465 e. The fourth-order valence-electron chi connectivity index (χ4n) is 1.46. The number of halogens is 1. The molecule has 1 aromatic carbocycles. The molecule has 0 saturated heterocycles. The van der Waals surface area contributed by atoms with Gasteiger partial charge in [-0.05, 0) is 6.07 Å². The van der Waals surface area contributed by atoms with Crippen molar-refractivity contribution in [3.05, 3.63) is 33.7 Å². The van der Waals surface area contributed by atoms with Crippen molar-refractivity contribution < 1.29 is 9.53 Å². The van der Waals surface area contributed by atoms with Crippen LogP contribution in [0.15, 0.2) is 18.2 Å². The summed E-state index contributed by atoms with van der Waals surface area (Å²) < 4.78 is 5.62. The van der Waals surface area contributed by atoms with Gasteiger partial charge in [0, 0.05) is 10.1 Å². The quantitative estimate of drug-likeness (QED) is 0.605. The Labute approximate surface area is 104 Å². The van der Waals surface area contributed by atoms with Crippen LogP contribution in [0.4, 0.5) is 0 Å². The number of hydrogen-bond acceptors (Lipinski definition) is 3. The number of carbonyl (C=O) groups is 1. The molecular weight excluding hydrogens is 242 g/mol. The van der Waals surface area contributed by atoms with E-state index in [1.807, 2.05) is 18.2 Å². The van der Waals surface area contributed by atoms with Gasteiger partial charge in [-0.1, -0.05) is 35.6 Å². The van der Waals surface area contributed by atoms with Crippen LogP contribution >= 0.6 is 22.9 Å². The molecule has 0 spiro atoms. The lowest BCUT2D eigenvalue weighted by Gasteiger charge is -1.96. The molecule has 2 rings (SSSR count). The van der Waals surface area contributed by atoms with Gasteiger partial charge >= 0.3 is 5.97 Å². The molecule has 80 valence electrons. The Morgan fingerprint density at radius 3 is 2.94 bits per heavy atom. The number of esters is 1. The molecule has 0 atom stereocenters. The van der Waals surface area contributed by atoms with Crippen LogP contribution in [0.1, 0.15) is 15.2 Å². The van der Waals surface area contributed by atoms with Gasteiger partial charge in [0.05, 0.1) is 20.0 Å². The smallest absolute Gasteiger partial charge is 0.349 e. The Morgan fingerprint density at radius 1 is 1.56 bits per heavy atom. The summed E-state index contributed by atoms with van der Waals surface area (Å²) in [5.74, 6) is -0.402. The predicted molar refractivity (Wildman–Crippen MR) is 67.6 cm³/mol. The standard InChI is InChI=1S/C11H8BClO2S/c1-15-11(14)10-9(13)7-3-2-6(5-12)4-8(7)16-10/h2-4H,5H2,1H3. The average molecular weight is 251 g/mol. The first-order valence-corrected chi connectivity index (χ1v) is 5.86. The summed E-state index contributed by atoms with van der Waals surface area (Å²) in [7, 11) is 6.89. The zero-order valence-electron chi connectivity index (χ0n) is 8.62. The highest BCUT2D eigenvalue weighted by Crippen LogP contribution is 2.36. The van der Waals surface area contributed by atoms with Crippen LogP contribution in [-0.4, -0.2) is 20.9 Å². The van der Waals surface area contributed by atoms with E-state index in [1.54, 1.807) is 0 Å². The van der Waals surface area contributed by atoms with E-state index in [2.05, 4.69) is 4.74 Å². The molecule has 0 aliphatic rings. The van der Waals surface area contributed by atoms with Crippen LogP contribution in [0.2, 0.25) is 5.02 Å². The largest absolute Gasteiger partial charge is 0.465 e. The van der Waals surface area contributed by atoms with E-state index in [0.717, 1.165) is 15.6 Å². The fraction of sp³-hybridized carbons (Fsp3) is 0.182. The molecule has 5 heteroatoms. The van der Waals surface area contributed by atoms with Crippen LogP contribution in [0.5, 0.6) is 0 Å². The number of thiophene rings is 1. The highest BCUT2D eigenvalue weighted by Gasteiger charge is 2.17. The first kappa shape index (κ1) is 11.5. The van der Waals surface area contributed by atoms with Crippen molar-refractivity contribution in [3.8, 4) is 0 Å². The summed E-state index contributed by atoms with van der Waals surface area (Å²) in [6.45, 7) is 0.